The van der Waals surface area contributed by atoms with Gasteiger partial charge in [-0.05, 0) is 31.2 Å². The van der Waals surface area contributed by atoms with E-state index in [0.29, 0.717) is 0 Å². The van der Waals surface area contributed by atoms with Crippen LogP contribution >= 0.6 is 11.3 Å². The average Bonchev–Trinajstić information content (AvgIpc) is 3.03. The topological polar surface area (TPSA) is 37.4 Å². The minimum atomic E-state index is 0.289. The first kappa shape index (κ1) is 13.4. The van der Waals surface area contributed by atoms with Crippen molar-refractivity contribution in [3.63, 3.8) is 0 Å². The molecular formula is C15H19N3OS. The van der Waals surface area contributed by atoms with Crippen LogP contribution in [0.2, 0.25) is 0 Å². The molecule has 1 unspecified atom stereocenters. The van der Waals surface area contributed by atoms with Gasteiger partial charge in [0.15, 0.2) is 0 Å². The Morgan fingerprint density at radius 1 is 1.25 bits per heavy atom. The summed E-state index contributed by atoms with van der Waals surface area (Å²) in [5.74, 6) is 0. The fourth-order valence-corrected chi connectivity index (χ4v) is 2.98. The van der Waals surface area contributed by atoms with Crippen molar-refractivity contribution in [2.24, 2.45) is 0 Å². The van der Waals surface area contributed by atoms with Gasteiger partial charge in [0.05, 0.1) is 24.8 Å². The molecule has 1 saturated heterocycles. The van der Waals surface area contributed by atoms with Gasteiger partial charge < -0.3 is 15.0 Å². The summed E-state index contributed by atoms with van der Waals surface area (Å²) in [5, 5.41) is 3.50. The molecule has 1 atom stereocenters. The largest absolute Gasteiger partial charge is 0.378 e. The SMILES string of the molecule is CC(Nc1ccc(N2CCOCC2)cc1)c1cncs1. The van der Waals surface area contributed by atoms with Gasteiger partial charge in [-0.3, -0.25) is 4.98 Å². The van der Waals surface area contributed by atoms with Crippen molar-refractivity contribution in [2.75, 3.05) is 36.5 Å². The van der Waals surface area contributed by atoms with E-state index >= 15 is 0 Å². The summed E-state index contributed by atoms with van der Waals surface area (Å²) in [6.07, 6.45) is 1.92. The molecule has 5 heteroatoms. The van der Waals surface area contributed by atoms with Crippen molar-refractivity contribution in [1.29, 1.82) is 0 Å². The lowest BCUT2D eigenvalue weighted by Gasteiger charge is -2.29. The zero-order valence-corrected chi connectivity index (χ0v) is 12.4. The lowest BCUT2D eigenvalue weighted by atomic mass is 10.2. The molecule has 0 bridgehead atoms. The van der Waals surface area contributed by atoms with E-state index < -0.39 is 0 Å². The zero-order valence-electron chi connectivity index (χ0n) is 11.6. The fraction of sp³-hybridized carbons (Fsp3) is 0.400. The van der Waals surface area contributed by atoms with Crippen LogP contribution in [0.1, 0.15) is 17.8 Å². The van der Waals surface area contributed by atoms with Crippen LogP contribution in [-0.2, 0) is 4.74 Å². The first-order chi connectivity index (χ1) is 9.83. The molecule has 1 aliphatic heterocycles. The Morgan fingerprint density at radius 3 is 2.65 bits per heavy atom. The molecule has 1 aliphatic rings. The van der Waals surface area contributed by atoms with Gasteiger partial charge in [-0.15, -0.1) is 11.3 Å². The number of aromatic nitrogens is 1. The van der Waals surface area contributed by atoms with Crippen LogP contribution in [0.4, 0.5) is 11.4 Å². The number of hydrogen-bond acceptors (Lipinski definition) is 5. The van der Waals surface area contributed by atoms with Crippen molar-refractivity contribution < 1.29 is 4.74 Å². The van der Waals surface area contributed by atoms with E-state index in [4.69, 9.17) is 4.74 Å². The normalized spacial score (nSPS) is 16.9. The molecule has 0 saturated carbocycles. The molecule has 1 fully saturated rings. The van der Waals surface area contributed by atoms with E-state index in [2.05, 4.69) is 46.4 Å². The van der Waals surface area contributed by atoms with Gasteiger partial charge >= 0.3 is 0 Å². The quantitative estimate of drug-likeness (QED) is 0.938. The molecule has 4 nitrogen and oxygen atoms in total. The maximum atomic E-state index is 5.38. The van der Waals surface area contributed by atoms with Crippen molar-refractivity contribution in [2.45, 2.75) is 13.0 Å². The standard InChI is InChI=1S/C15H19N3OS/c1-12(15-10-16-11-20-15)17-13-2-4-14(5-3-13)18-6-8-19-9-7-18/h2-5,10-12,17H,6-9H2,1H3. The second kappa shape index (κ2) is 6.24. The molecule has 2 aromatic rings. The maximum absolute atomic E-state index is 5.38. The first-order valence-corrected chi connectivity index (χ1v) is 7.78. The molecule has 1 aromatic heterocycles. The molecular weight excluding hydrogens is 270 g/mol. The second-order valence-corrected chi connectivity index (χ2v) is 5.83. The Kier molecular flexibility index (Phi) is 4.18. The van der Waals surface area contributed by atoms with Crippen LogP contribution in [0.15, 0.2) is 36.0 Å². The molecule has 20 heavy (non-hydrogen) atoms. The molecule has 1 N–H and O–H groups in total. The highest BCUT2D eigenvalue weighted by molar-refractivity contribution is 7.09. The Labute approximate surface area is 123 Å². The number of benzene rings is 1. The number of hydrogen-bond donors (Lipinski definition) is 1. The Balaban J connectivity index is 1.63. The van der Waals surface area contributed by atoms with Gasteiger partial charge in [0, 0.05) is 35.5 Å². The number of anilines is 2. The van der Waals surface area contributed by atoms with Crippen LogP contribution in [-0.4, -0.2) is 31.3 Å². The Hall–Kier alpha value is -1.59. The lowest BCUT2D eigenvalue weighted by molar-refractivity contribution is 0.122. The van der Waals surface area contributed by atoms with E-state index in [1.54, 1.807) is 11.3 Å². The highest BCUT2D eigenvalue weighted by Gasteiger charge is 2.11. The number of thiazole rings is 1. The average molecular weight is 289 g/mol. The van der Waals surface area contributed by atoms with Gasteiger partial charge in [-0.2, -0.15) is 0 Å². The van der Waals surface area contributed by atoms with E-state index in [-0.39, 0.29) is 6.04 Å². The smallest absolute Gasteiger partial charge is 0.0795 e. The predicted molar refractivity (Wildman–Crippen MR) is 83.6 cm³/mol. The van der Waals surface area contributed by atoms with E-state index in [0.717, 1.165) is 32.0 Å². The van der Waals surface area contributed by atoms with Crippen molar-refractivity contribution >= 4 is 22.7 Å². The Bertz CT molecular complexity index is 521. The van der Waals surface area contributed by atoms with Gasteiger partial charge in [0.2, 0.25) is 0 Å². The second-order valence-electron chi connectivity index (χ2n) is 4.92. The van der Waals surface area contributed by atoms with Crippen LogP contribution in [0, 0.1) is 0 Å². The molecule has 0 aliphatic carbocycles. The molecule has 0 radical (unpaired) electrons. The first-order valence-electron chi connectivity index (χ1n) is 6.90. The summed E-state index contributed by atoms with van der Waals surface area (Å²) in [7, 11) is 0. The summed E-state index contributed by atoms with van der Waals surface area (Å²) >= 11 is 1.68. The maximum Gasteiger partial charge on any atom is 0.0795 e. The molecule has 0 amide bonds. The highest BCUT2D eigenvalue weighted by Crippen LogP contribution is 2.24. The molecule has 1 aromatic carbocycles. The third kappa shape index (κ3) is 3.11. The van der Waals surface area contributed by atoms with Crippen molar-refractivity contribution in [1.82, 2.24) is 4.98 Å². The number of rotatable bonds is 4. The molecule has 106 valence electrons. The third-order valence-corrected chi connectivity index (χ3v) is 4.46. The molecule has 0 spiro atoms. The highest BCUT2D eigenvalue weighted by atomic mass is 32.1. The van der Waals surface area contributed by atoms with E-state index in [9.17, 15) is 0 Å². The minimum Gasteiger partial charge on any atom is -0.378 e. The van der Waals surface area contributed by atoms with Gasteiger partial charge in [-0.1, -0.05) is 0 Å². The summed E-state index contributed by atoms with van der Waals surface area (Å²) in [4.78, 5) is 7.73. The van der Waals surface area contributed by atoms with E-state index in [1.165, 1.54) is 10.6 Å². The number of nitrogens with zero attached hydrogens (tertiary/aromatic N) is 2. The molecule has 3 rings (SSSR count). The summed E-state index contributed by atoms with van der Waals surface area (Å²) in [6, 6.07) is 8.92. The lowest BCUT2D eigenvalue weighted by Crippen LogP contribution is -2.36. The molecule has 2 heterocycles. The fourth-order valence-electron chi connectivity index (χ4n) is 2.35. The van der Waals surface area contributed by atoms with Crippen LogP contribution in [0.5, 0.6) is 0 Å². The van der Waals surface area contributed by atoms with Crippen molar-refractivity contribution in [3.8, 4) is 0 Å². The van der Waals surface area contributed by atoms with Crippen LogP contribution in [0.25, 0.3) is 0 Å². The Morgan fingerprint density at radius 2 is 2.00 bits per heavy atom. The number of ether oxygens (including phenoxy) is 1. The van der Waals surface area contributed by atoms with Gasteiger partial charge in [0.25, 0.3) is 0 Å². The number of morpholine rings is 1. The summed E-state index contributed by atoms with van der Waals surface area (Å²) < 4.78 is 5.38. The van der Waals surface area contributed by atoms with Gasteiger partial charge in [0.1, 0.15) is 0 Å². The summed E-state index contributed by atoms with van der Waals surface area (Å²) in [6.45, 7) is 5.75. The van der Waals surface area contributed by atoms with E-state index in [1.807, 2.05) is 11.7 Å². The minimum absolute atomic E-state index is 0.289. The third-order valence-electron chi connectivity index (χ3n) is 3.50. The predicted octanol–water partition coefficient (Wildman–Crippen LogP) is 3.15. The monoisotopic (exact) mass is 289 g/mol. The zero-order chi connectivity index (χ0) is 13.8. The van der Waals surface area contributed by atoms with Gasteiger partial charge in [-0.25, -0.2) is 0 Å². The van der Waals surface area contributed by atoms with Crippen molar-refractivity contribution in [3.05, 3.63) is 40.8 Å². The van der Waals surface area contributed by atoms with Crippen LogP contribution in [0.3, 0.4) is 0 Å². The number of nitrogens with one attached hydrogen (secondary N) is 1. The summed E-state index contributed by atoms with van der Waals surface area (Å²) in [5.41, 5.74) is 4.28. The van der Waals surface area contributed by atoms with Crippen LogP contribution < -0.4 is 10.2 Å².